The number of benzene rings is 2. The molecule has 0 fully saturated rings. The molecule has 0 spiro atoms. The van der Waals surface area contributed by atoms with E-state index in [-0.39, 0.29) is 0 Å². The Labute approximate surface area is 119 Å². The van der Waals surface area contributed by atoms with Crippen LogP contribution < -0.4 is 10.5 Å². The van der Waals surface area contributed by atoms with Crippen molar-refractivity contribution in [1.29, 1.82) is 0 Å². The van der Waals surface area contributed by atoms with Crippen LogP contribution in [0.1, 0.15) is 0 Å². The second-order valence-corrected chi connectivity index (χ2v) is 4.76. The third kappa shape index (κ3) is 3.19. The minimum Gasteiger partial charge on any atom is -0.492 e. The van der Waals surface area contributed by atoms with Gasteiger partial charge in [0.15, 0.2) is 0 Å². The third-order valence-corrected chi connectivity index (χ3v) is 3.18. The Bertz CT molecular complexity index is 622. The molecule has 1 unspecified atom stereocenters. The number of ether oxygens (including phenoxy) is 1. The number of hydrogen-bond acceptors (Lipinski definition) is 2. The van der Waals surface area contributed by atoms with E-state index in [1.165, 1.54) is 0 Å². The van der Waals surface area contributed by atoms with Gasteiger partial charge in [0.25, 0.3) is 0 Å². The van der Waals surface area contributed by atoms with Crippen LogP contribution in [-0.2, 0) is 0 Å². The van der Waals surface area contributed by atoms with Crippen molar-refractivity contribution in [2.45, 2.75) is 6.18 Å². The van der Waals surface area contributed by atoms with Crippen LogP contribution in [0.3, 0.4) is 0 Å². The summed E-state index contributed by atoms with van der Waals surface area (Å²) in [6, 6.07) is 12.5. The van der Waals surface area contributed by atoms with E-state index < -0.39 is 23.7 Å². The quantitative estimate of drug-likeness (QED) is 0.875. The third-order valence-electron chi connectivity index (χ3n) is 2.89. The lowest BCUT2D eigenvalue weighted by Gasteiger charge is -2.19. The molecule has 2 N–H and O–H groups in total. The molecule has 1 atom stereocenters. The van der Waals surface area contributed by atoms with Gasteiger partial charge >= 0.3 is 6.18 Å². The number of fused-ring (bicyclic) bond motifs is 1. The Morgan fingerprint density at radius 3 is 2.45 bits per heavy atom. The first-order chi connectivity index (χ1) is 9.39. The molecule has 0 radical (unpaired) electrons. The molecular weight excluding hydrogens is 287 g/mol. The van der Waals surface area contributed by atoms with Gasteiger partial charge in [-0.1, -0.05) is 48.6 Å². The predicted octanol–water partition coefficient (Wildman–Crippen LogP) is 3.68. The van der Waals surface area contributed by atoms with Crippen molar-refractivity contribution in [2.75, 3.05) is 6.61 Å². The summed E-state index contributed by atoms with van der Waals surface area (Å²) >= 11 is 4.45. The SMILES string of the molecule is NC(=S)C(COc1cccc2ccccc12)C(F)(F)F. The summed E-state index contributed by atoms with van der Waals surface area (Å²) < 4.78 is 43.5. The second-order valence-electron chi connectivity index (χ2n) is 4.28. The van der Waals surface area contributed by atoms with Gasteiger partial charge in [-0.05, 0) is 11.5 Å². The average molecular weight is 299 g/mol. The van der Waals surface area contributed by atoms with Crippen molar-refractivity contribution in [3.8, 4) is 5.75 Å². The summed E-state index contributed by atoms with van der Waals surface area (Å²) in [5, 5.41) is 1.64. The number of rotatable bonds is 4. The monoisotopic (exact) mass is 299 g/mol. The van der Waals surface area contributed by atoms with Crippen LogP contribution in [0.2, 0.25) is 0 Å². The smallest absolute Gasteiger partial charge is 0.401 e. The molecule has 106 valence electrons. The summed E-state index contributed by atoms with van der Waals surface area (Å²) in [6.07, 6.45) is -4.50. The molecule has 0 bridgehead atoms. The zero-order valence-corrected chi connectivity index (χ0v) is 11.2. The predicted molar refractivity (Wildman–Crippen MR) is 75.8 cm³/mol. The lowest BCUT2D eigenvalue weighted by Crippen LogP contribution is -2.38. The molecule has 0 aliphatic rings. The maximum Gasteiger partial charge on any atom is 0.401 e. The molecule has 20 heavy (non-hydrogen) atoms. The summed E-state index contributed by atoms with van der Waals surface area (Å²) in [5.41, 5.74) is 5.13. The highest BCUT2D eigenvalue weighted by Gasteiger charge is 2.42. The van der Waals surface area contributed by atoms with E-state index in [4.69, 9.17) is 10.5 Å². The van der Waals surface area contributed by atoms with Crippen LogP contribution in [0.4, 0.5) is 13.2 Å². The zero-order valence-electron chi connectivity index (χ0n) is 10.4. The van der Waals surface area contributed by atoms with Crippen LogP contribution in [0.5, 0.6) is 5.75 Å². The van der Waals surface area contributed by atoms with E-state index >= 15 is 0 Å². The van der Waals surface area contributed by atoms with Gasteiger partial charge in [-0.15, -0.1) is 0 Å². The van der Waals surface area contributed by atoms with E-state index in [0.29, 0.717) is 5.75 Å². The highest BCUT2D eigenvalue weighted by atomic mass is 32.1. The number of halogens is 3. The zero-order chi connectivity index (χ0) is 14.8. The molecule has 2 aromatic carbocycles. The van der Waals surface area contributed by atoms with Crippen LogP contribution in [0.15, 0.2) is 42.5 Å². The Kier molecular flexibility index (Phi) is 4.13. The normalized spacial score (nSPS) is 13.2. The van der Waals surface area contributed by atoms with Gasteiger partial charge in [-0.3, -0.25) is 0 Å². The fourth-order valence-electron chi connectivity index (χ4n) is 1.83. The number of hydrogen-bond donors (Lipinski definition) is 1. The lowest BCUT2D eigenvalue weighted by atomic mass is 10.1. The highest BCUT2D eigenvalue weighted by molar-refractivity contribution is 7.80. The van der Waals surface area contributed by atoms with Crippen LogP contribution in [0.25, 0.3) is 10.8 Å². The van der Waals surface area contributed by atoms with Crippen LogP contribution >= 0.6 is 12.2 Å². The topological polar surface area (TPSA) is 35.2 Å². The van der Waals surface area contributed by atoms with Gasteiger partial charge in [0.1, 0.15) is 18.3 Å². The van der Waals surface area contributed by atoms with Crippen LogP contribution in [0, 0.1) is 5.92 Å². The van der Waals surface area contributed by atoms with Crippen molar-refractivity contribution >= 4 is 28.0 Å². The number of alkyl halides is 3. The molecule has 2 rings (SSSR count). The lowest BCUT2D eigenvalue weighted by molar-refractivity contribution is -0.161. The first-order valence-corrected chi connectivity index (χ1v) is 6.27. The first kappa shape index (κ1) is 14.6. The first-order valence-electron chi connectivity index (χ1n) is 5.86. The van der Waals surface area contributed by atoms with Gasteiger partial charge in [-0.2, -0.15) is 13.2 Å². The van der Waals surface area contributed by atoms with E-state index in [1.807, 2.05) is 18.2 Å². The standard InChI is InChI=1S/C14H12F3NOS/c15-14(16,17)11(13(18)20)8-19-12-7-3-5-9-4-1-2-6-10(9)12/h1-7,11H,8H2,(H2,18,20). The Morgan fingerprint density at radius 2 is 1.80 bits per heavy atom. The minimum absolute atomic E-state index is 0.383. The van der Waals surface area contributed by atoms with E-state index in [1.54, 1.807) is 24.3 Å². The minimum atomic E-state index is -4.50. The molecule has 0 aromatic heterocycles. The fraction of sp³-hybridized carbons (Fsp3) is 0.214. The molecule has 2 nitrogen and oxygen atoms in total. The maximum atomic E-state index is 12.7. The number of nitrogens with two attached hydrogens (primary N) is 1. The molecule has 2 aromatic rings. The molecule has 0 amide bonds. The molecule has 0 saturated heterocycles. The molecule has 0 heterocycles. The van der Waals surface area contributed by atoms with Crippen molar-refractivity contribution in [1.82, 2.24) is 0 Å². The Balaban J connectivity index is 2.22. The number of thiocarbonyl (C=S) groups is 1. The average Bonchev–Trinajstić information content (AvgIpc) is 2.37. The fourth-order valence-corrected chi connectivity index (χ4v) is 2.03. The van der Waals surface area contributed by atoms with Crippen molar-refractivity contribution in [2.24, 2.45) is 11.7 Å². The largest absolute Gasteiger partial charge is 0.492 e. The molecular formula is C14H12F3NOS. The summed E-state index contributed by atoms with van der Waals surface area (Å²) in [5.74, 6) is -1.56. The summed E-state index contributed by atoms with van der Waals surface area (Å²) in [7, 11) is 0. The van der Waals surface area contributed by atoms with Gasteiger partial charge in [0.05, 0.1) is 4.99 Å². The highest BCUT2D eigenvalue weighted by Crippen LogP contribution is 2.30. The summed E-state index contributed by atoms with van der Waals surface area (Å²) in [4.78, 5) is -0.613. The molecule has 0 aliphatic carbocycles. The van der Waals surface area contributed by atoms with E-state index in [0.717, 1.165) is 10.8 Å². The van der Waals surface area contributed by atoms with Gasteiger partial charge < -0.3 is 10.5 Å². The second kappa shape index (κ2) is 5.66. The van der Waals surface area contributed by atoms with Gasteiger partial charge in [0, 0.05) is 5.39 Å². The molecule has 6 heteroatoms. The van der Waals surface area contributed by atoms with Gasteiger partial charge in [-0.25, -0.2) is 0 Å². The Morgan fingerprint density at radius 1 is 1.15 bits per heavy atom. The summed E-state index contributed by atoms with van der Waals surface area (Å²) in [6.45, 7) is -0.618. The molecule has 0 saturated carbocycles. The van der Waals surface area contributed by atoms with E-state index in [9.17, 15) is 13.2 Å². The van der Waals surface area contributed by atoms with Crippen LogP contribution in [-0.4, -0.2) is 17.8 Å². The Hall–Kier alpha value is -1.82. The van der Waals surface area contributed by atoms with Gasteiger partial charge in [0.2, 0.25) is 0 Å². The van der Waals surface area contributed by atoms with Crippen molar-refractivity contribution < 1.29 is 17.9 Å². The van der Waals surface area contributed by atoms with Crippen molar-refractivity contribution in [3.05, 3.63) is 42.5 Å². The maximum absolute atomic E-state index is 12.7. The van der Waals surface area contributed by atoms with Crippen molar-refractivity contribution in [3.63, 3.8) is 0 Å². The molecule has 0 aliphatic heterocycles. The van der Waals surface area contributed by atoms with E-state index in [2.05, 4.69) is 12.2 Å².